The van der Waals surface area contributed by atoms with Crippen LogP contribution in [0.3, 0.4) is 0 Å². The molecule has 0 saturated heterocycles. The van der Waals surface area contributed by atoms with Gasteiger partial charge in [-0.15, -0.1) is 0 Å². The fourth-order valence-corrected chi connectivity index (χ4v) is 8.31. The van der Waals surface area contributed by atoms with Gasteiger partial charge in [-0.3, -0.25) is 9.69 Å². The van der Waals surface area contributed by atoms with Gasteiger partial charge in [0.25, 0.3) is 5.56 Å². The molecule has 0 aliphatic heterocycles. The number of imidazole rings is 1. The lowest BCUT2D eigenvalue weighted by atomic mass is 10.0. The Bertz CT molecular complexity index is 2320. The highest BCUT2D eigenvalue weighted by Gasteiger charge is 2.30. The van der Waals surface area contributed by atoms with Gasteiger partial charge in [0.1, 0.15) is 17.5 Å². The molecule has 1 aliphatic rings. The van der Waals surface area contributed by atoms with Crippen molar-refractivity contribution in [2.45, 2.75) is 88.7 Å². The summed E-state index contributed by atoms with van der Waals surface area (Å²) in [7, 11) is 0. The van der Waals surface area contributed by atoms with Gasteiger partial charge in [0.15, 0.2) is 5.16 Å². The maximum atomic E-state index is 13.8. The van der Waals surface area contributed by atoms with E-state index in [1.807, 2.05) is 42.6 Å². The Morgan fingerprint density at radius 3 is 2.02 bits per heavy atom. The molecule has 6 aromatic rings. The zero-order valence-corrected chi connectivity index (χ0v) is 32.6. The summed E-state index contributed by atoms with van der Waals surface area (Å²) in [6.45, 7) is 5.08. The molecule has 12 heteroatoms. The zero-order valence-electron chi connectivity index (χ0n) is 31.7. The number of hydrogen-bond donors (Lipinski definition) is 0. The molecule has 2 aromatic heterocycles. The second-order valence-electron chi connectivity index (χ2n) is 14.5. The smallest absolute Gasteiger partial charge is 0.325 e. The molecule has 7 rings (SSSR count). The van der Waals surface area contributed by atoms with E-state index < -0.39 is 11.7 Å². The average molecular weight is 798 g/mol. The van der Waals surface area contributed by atoms with Crippen LogP contribution < -0.4 is 5.56 Å². The third-order valence-corrected chi connectivity index (χ3v) is 11.5. The van der Waals surface area contributed by atoms with E-state index in [1.54, 1.807) is 12.1 Å². The van der Waals surface area contributed by atoms with Crippen LogP contribution in [0, 0.1) is 11.6 Å². The third kappa shape index (κ3) is 10.1. The summed E-state index contributed by atoms with van der Waals surface area (Å²) >= 11 is 1.44. The predicted octanol–water partition coefficient (Wildman–Crippen LogP) is 10.5. The monoisotopic (exact) mass is 797 g/mol. The van der Waals surface area contributed by atoms with Gasteiger partial charge in [0.05, 0.1) is 17.8 Å². The molecule has 1 aliphatic carbocycles. The first-order valence-electron chi connectivity index (χ1n) is 19.3. The van der Waals surface area contributed by atoms with Crippen molar-refractivity contribution in [1.82, 2.24) is 24.0 Å². The Labute approximate surface area is 333 Å². The Hall–Kier alpha value is -5.07. The molecule has 0 fully saturated rings. The Kier molecular flexibility index (Phi) is 12.7. The van der Waals surface area contributed by atoms with E-state index in [1.165, 1.54) is 48.2 Å². The van der Waals surface area contributed by atoms with Crippen molar-refractivity contribution >= 4 is 11.8 Å². The van der Waals surface area contributed by atoms with E-state index in [-0.39, 0.29) is 17.2 Å². The van der Waals surface area contributed by atoms with E-state index in [0.29, 0.717) is 49.1 Å². The number of fused-ring (bicyclic) bond motifs is 1. The number of halogens is 5. The Balaban J connectivity index is 1.22. The van der Waals surface area contributed by atoms with Gasteiger partial charge in [-0.1, -0.05) is 92.2 Å². The number of hydrogen-bond acceptors (Lipinski definition) is 5. The van der Waals surface area contributed by atoms with Crippen LogP contribution in [0.5, 0.6) is 0 Å². The lowest BCUT2D eigenvalue weighted by Crippen LogP contribution is -2.26. The minimum absolute atomic E-state index is 0.207. The first kappa shape index (κ1) is 40.1. The molecule has 0 N–H and O–H groups in total. The molecule has 0 amide bonds. The van der Waals surface area contributed by atoms with Crippen LogP contribution in [0.1, 0.15) is 77.6 Å². The van der Waals surface area contributed by atoms with Crippen LogP contribution >= 0.6 is 11.8 Å². The summed E-state index contributed by atoms with van der Waals surface area (Å²) in [6.07, 6.45) is 2.95. The largest absolute Gasteiger partial charge is 0.416 e. The molecule has 0 saturated carbocycles. The highest BCUT2D eigenvalue weighted by molar-refractivity contribution is 7.98. The fourth-order valence-electron chi connectivity index (χ4n) is 7.34. The average Bonchev–Trinajstić information content (AvgIpc) is 3.85. The fraction of sp³-hybridized carbons (Fsp3) is 0.311. The van der Waals surface area contributed by atoms with E-state index in [4.69, 9.17) is 4.98 Å². The van der Waals surface area contributed by atoms with E-state index in [9.17, 15) is 26.7 Å². The summed E-state index contributed by atoms with van der Waals surface area (Å²) < 4.78 is 71.4. The number of thioether (sulfide) groups is 1. The predicted molar refractivity (Wildman–Crippen MR) is 214 cm³/mol. The molecule has 57 heavy (non-hydrogen) atoms. The molecule has 6 nitrogen and oxygen atoms in total. The quantitative estimate of drug-likeness (QED) is 0.0423. The van der Waals surface area contributed by atoms with Crippen molar-refractivity contribution in [3.63, 3.8) is 0 Å². The first-order valence-corrected chi connectivity index (χ1v) is 20.3. The van der Waals surface area contributed by atoms with Crippen LogP contribution in [0.4, 0.5) is 22.0 Å². The van der Waals surface area contributed by atoms with Crippen molar-refractivity contribution in [3.8, 4) is 11.1 Å². The van der Waals surface area contributed by atoms with Gasteiger partial charge in [-0.05, 0) is 96.4 Å². The third-order valence-electron chi connectivity index (χ3n) is 10.4. The molecule has 296 valence electrons. The molecule has 0 spiro atoms. The van der Waals surface area contributed by atoms with Crippen molar-refractivity contribution in [2.75, 3.05) is 6.54 Å². The number of rotatable bonds is 16. The molecular weight excluding hydrogens is 754 g/mol. The van der Waals surface area contributed by atoms with Gasteiger partial charge >= 0.3 is 6.18 Å². The molecule has 0 radical (unpaired) electrons. The normalized spacial score (nSPS) is 12.8. The highest BCUT2D eigenvalue weighted by Crippen LogP contribution is 2.32. The lowest BCUT2D eigenvalue weighted by molar-refractivity contribution is -0.137. The molecule has 0 unspecified atom stereocenters. The minimum atomic E-state index is -4.40. The number of aromatic nitrogens is 4. The Morgan fingerprint density at radius 2 is 1.37 bits per heavy atom. The van der Waals surface area contributed by atoms with Crippen molar-refractivity contribution in [1.29, 1.82) is 0 Å². The first-order chi connectivity index (χ1) is 27.5. The van der Waals surface area contributed by atoms with Crippen LogP contribution in [-0.2, 0) is 50.9 Å². The van der Waals surface area contributed by atoms with Crippen LogP contribution in [0.2, 0.25) is 0 Å². The summed E-state index contributed by atoms with van der Waals surface area (Å²) in [4.78, 5) is 25.1. The zero-order chi connectivity index (χ0) is 39.9. The number of unbranched alkanes of at least 4 members (excludes halogenated alkanes) is 2. The van der Waals surface area contributed by atoms with Gasteiger partial charge in [-0.25, -0.2) is 13.8 Å². The van der Waals surface area contributed by atoms with Gasteiger partial charge in [-0.2, -0.15) is 18.2 Å². The number of alkyl halides is 3. The molecule has 4 aromatic carbocycles. The maximum absolute atomic E-state index is 13.8. The van der Waals surface area contributed by atoms with Crippen molar-refractivity contribution in [2.24, 2.45) is 0 Å². The second kappa shape index (κ2) is 18.0. The second-order valence-corrected chi connectivity index (χ2v) is 15.5. The van der Waals surface area contributed by atoms with Crippen molar-refractivity contribution < 1.29 is 22.0 Å². The van der Waals surface area contributed by atoms with Gasteiger partial charge in [0.2, 0.25) is 0 Å². The maximum Gasteiger partial charge on any atom is 0.416 e. The van der Waals surface area contributed by atoms with E-state index in [2.05, 4.69) is 25.9 Å². The summed E-state index contributed by atoms with van der Waals surface area (Å²) in [5.74, 6) is 0.708. The summed E-state index contributed by atoms with van der Waals surface area (Å²) in [5.41, 5.74) is 6.19. The van der Waals surface area contributed by atoms with Gasteiger partial charge < -0.3 is 9.13 Å². The minimum Gasteiger partial charge on any atom is -0.325 e. The SMILES string of the molecule is CCCCCN(Cc1ccc(F)cc1)Cc1cnc(Cn2c(SCc3ccc(F)cc3)nc(=O)c3c2CCC3)n1Cc1ccc(-c2ccc(C(F)(F)F)cc2)cc1. The van der Waals surface area contributed by atoms with Crippen LogP contribution in [0.15, 0.2) is 113 Å². The van der Waals surface area contributed by atoms with E-state index in [0.717, 1.165) is 95.8 Å². The number of nitrogens with zero attached hydrogens (tertiary/aromatic N) is 5. The summed E-state index contributed by atoms with van der Waals surface area (Å²) in [5, 5.41) is 0.583. The summed E-state index contributed by atoms with van der Waals surface area (Å²) in [6, 6.07) is 25.9. The van der Waals surface area contributed by atoms with Crippen LogP contribution in [-0.4, -0.2) is 30.5 Å². The lowest BCUT2D eigenvalue weighted by Gasteiger charge is -2.24. The molecule has 0 bridgehead atoms. The van der Waals surface area contributed by atoms with Gasteiger partial charge in [0, 0.05) is 42.8 Å². The van der Waals surface area contributed by atoms with E-state index >= 15 is 0 Å². The molecule has 2 heterocycles. The Morgan fingerprint density at radius 1 is 0.737 bits per heavy atom. The van der Waals surface area contributed by atoms with Crippen LogP contribution in [0.25, 0.3) is 11.1 Å². The topological polar surface area (TPSA) is 56.0 Å². The van der Waals surface area contributed by atoms with Crippen molar-refractivity contribution in [3.05, 3.63) is 170 Å². The number of benzene rings is 4. The molecular formula is C45H44F5N5OS. The standard InChI is InChI=1S/C45H44F5N5OS/c1-2-3-4-24-53(26-31-10-20-37(46)21-11-31)28-39-25-51-42(54(39)27-32-8-14-34(15-9-32)35-16-18-36(19-17-35)45(48,49)50)29-55-41-7-5-6-40(41)43(56)52-44(55)57-30-33-12-22-38(47)23-13-33/h8-23,25H,2-7,24,26-30H2,1H3. The molecule has 0 atom stereocenters. The highest BCUT2D eigenvalue weighted by atomic mass is 32.2.